The molecular weight excluding hydrogens is 331 g/mol. The van der Waals surface area contributed by atoms with Gasteiger partial charge in [-0.3, -0.25) is 4.79 Å². The second kappa shape index (κ2) is 6.43. The average molecular weight is 345 g/mol. The Bertz CT molecular complexity index is 992. The topological polar surface area (TPSA) is 49.0 Å². The number of hydrogen-bond donors (Lipinski definition) is 1. The lowest BCUT2D eigenvalue weighted by Gasteiger charge is -2.14. The van der Waals surface area contributed by atoms with Crippen LogP contribution in [0.3, 0.4) is 0 Å². The molecule has 7 heteroatoms. The molecule has 4 nitrogen and oxygen atoms in total. The number of hydrogen-bond acceptors (Lipinski definition) is 2. The molecule has 0 aliphatic carbocycles. The molecule has 1 N–H and O–H groups in total. The van der Waals surface area contributed by atoms with Gasteiger partial charge in [-0.1, -0.05) is 12.1 Å². The fraction of sp³-hybridized carbons (Fsp3) is 0.111. The van der Waals surface area contributed by atoms with Gasteiger partial charge >= 0.3 is 0 Å². The van der Waals surface area contributed by atoms with Crippen LogP contribution in [-0.4, -0.2) is 34.9 Å². The number of carbonyl (C=O) groups is 1. The van der Waals surface area contributed by atoms with Crippen LogP contribution in [0.25, 0.3) is 22.7 Å². The summed E-state index contributed by atoms with van der Waals surface area (Å²) in [5.74, 6) is -3.28. The van der Waals surface area contributed by atoms with Gasteiger partial charge < -0.3 is 9.88 Å². The van der Waals surface area contributed by atoms with Crippen molar-refractivity contribution in [2.45, 2.75) is 0 Å². The minimum absolute atomic E-state index is 0.0915. The van der Waals surface area contributed by atoms with E-state index in [1.807, 2.05) is 0 Å². The molecule has 0 aliphatic heterocycles. The number of fused-ring (bicyclic) bond motifs is 1. The molecule has 2 aromatic heterocycles. The van der Waals surface area contributed by atoms with E-state index in [4.69, 9.17) is 0 Å². The molecule has 0 radical (unpaired) electrons. The highest BCUT2D eigenvalue weighted by Crippen LogP contribution is 2.28. The summed E-state index contributed by atoms with van der Waals surface area (Å²) >= 11 is 0. The van der Waals surface area contributed by atoms with Crippen molar-refractivity contribution >= 4 is 28.6 Å². The number of pyridine rings is 1. The Morgan fingerprint density at radius 3 is 2.64 bits per heavy atom. The van der Waals surface area contributed by atoms with E-state index in [-0.39, 0.29) is 16.5 Å². The first-order chi connectivity index (χ1) is 11.9. The van der Waals surface area contributed by atoms with Crippen LogP contribution in [0, 0.1) is 17.5 Å². The van der Waals surface area contributed by atoms with Crippen LogP contribution in [0.1, 0.15) is 11.1 Å². The van der Waals surface area contributed by atoms with Crippen LogP contribution in [0.15, 0.2) is 36.7 Å². The molecule has 0 aliphatic rings. The minimum atomic E-state index is -1.14. The molecule has 25 heavy (non-hydrogen) atoms. The number of amides is 1. The Morgan fingerprint density at radius 2 is 1.92 bits per heavy atom. The maximum Gasteiger partial charge on any atom is 0.254 e. The Labute approximate surface area is 141 Å². The number of aromatic amines is 1. The molecule has 3 rings (SSSR count). The van der Waals surface area contributed by atoms with Crippen molar-refractivity contribution in [1.29, 1.82) is 0 Å². The van der Waals surface area contributed by atoms with Crippen molar-refractivity contribution in [1.82, 2.24) is 14.9 Å². The summed E-state index contributed by atoms with van der Waals surface area (Å²) in [5.41, 5.74) is 0.320. The van der Waals surface area contributed by atoms with E-state index >= 15 is 0 Å². The summed E-state index contributed by atoms with van der Waals surface area (Å²) < 4.78 is 41.9. The van der Waals surface area contributed by atoms with Gasteiger partial charge in [-0.25, -0.2) is 18.2 Å². The highest BCUT2D eigenvalue weighted by molar-refractivity contribution is 6.24. The maximum absolute atomic E-state index is 14.2. The third-order valence-corrected chi connectivity index (χ3v) is 3.73. The summed E-state index contributed by atoms with van der Waals surface area (Å²) in [4.78, 5) is 20.5. The number of benzene rings is 1. The van der Waals surface area contributed by atoms with Crippen molar-refractivity contribution in [3.63, 3.8) is 0 Å². The number of rotatable bonds is 3. The first kappa shape index (κ1) is 16.8. The van der Waals surface area contributed by atoms with Crippen molar-refractivity contribution in [3.05, 3.63) is 65.2 Å². The van der Waals surface area contributed by atoms with Crippen molar-refractivity contribution < 1.29 is 18.0 Å². The van der Waals surface area contributed by atoms with Gasteiger partial charge in [0.1, 0.15) is 11.5 Å². The number of aromatic nitrogens is 2. The molecular formula is C18H14F3N3O. The highest BCUT2D eigenvalue weighted by atomic mass is 19.2. The smallest absolute Gasteiger partial charge is 0.254 e. The van der Waals surface area contributed by atoms with E-state index in [0.29, 0.717) is 11.2 Å². The number of halogens is 3. The van der Waals surface area contributed by atoms with E-state index in [1.54, 1.807) is 0 Å². The minimum Gasteiger partial charge on any atom is -0.345 e. The first-order valence-corrected chi connectivity index (χ1v) is 7.39. The monoisotopic (exact) mass is 345 g/mol. The fourth-order valence-corrected chi connectivity index (χ4v) is 2.52. The van der Waals surface area contributed by atoms with Gasteiger partial charge in [0.05, 0.1) is 11.0 Å². The second-order valence-corrected chi connectivity index (χ2v) is 5.62. The van der Waals surface area contributed by atoms with Gasteiger partial charge in [-0.2, -0.15) is 0 Å². The lowest BCUT2D eigenvalue weighted by molar-refractivity contribution is -0.122. The maximum atomic E-state index is 14.2. The van der Waals surface area contributed by atoms with Crippen LogP contribution < -0.4 is 0 Å². The first-order valence-electron chi connectivity index (χ1n) is 7.39. The van der Waals surface area contributed by atoms with Gasteiger partial charge in [0.15, 0.2) is 11.6 Å². The molecule has 0 fully saturated rings. The summed E-state index contributed by atoms with van der Waals surface area (Å²) in [6.07, 6.45) is 4.09. The van der Waals surface area contributed by atoms with Crippen LogP contribution in [0.4, 0.5) is 13.2 Å². The predicted molar refractivity (Wildman–Crippen MR) is 89.0 cm³/mol. The third kappa shape index (κ3) is 3.00. The number of H-pyrrole nitrogens is 1. The van der Waals surface area contributed by atoms with Crippen molar-refractivity contribution in [2.75, 3.05) is 14.1 Å². The fourth-order valence-electron chi connectivity index (χ4n) is 2.52. The molecule has 0 unspecified atom stereocenters. The molecule has 128 valence electrons. The van der Waals surface area contributed by atoms with Crippen molar-refractivity contribution in [3.8, 4) is 0 Å². The van der Waals surface area contributed by atoms with Gasteiger partial charge in [0.2, 0.25) is 0 Å². The zero-order chi connectivity index (χ0) is 18.1. The second-order valence-electron chi connectivity index (χ2n) is 5.62. The Balaban J connectivity index is 2.26. The molecule has 1 amide bonds. The summed E-state index contributed by atoms with van der Waals surface area (Å²) in [5, 5.41) is 0.170. The molecule has 2 heterocycles. The van der Waals surface area contributed by atoms with Crippen LogP contribution in [-0.2, 0) is 4.79 Å². The summed E-state index contributed by atoms with van der Waals surface area (Å²) in [6.45, 7) is 0. The van der Waals surface area contributed by atoms with Gasteiger partial charge in [-0.05, 0) is 18.2 Å². The van der Waals surface area contributed by atoms with E-state index in [0.717, 1.165) is 6.07 Å². The Morgan fingerprint density at radius 1 is 1.16 bits per heavy atom. The van der Waals surface area contributed by atoms with Gasteiger partial charge in [0.25, 0.3) is 5.91 Å². The molecule has 0 bridgehead atoms. The van der Waals surface area contributed by atoms with E-state index < -0.39 is 23.4 Å². The molecule has 0 atom stereocenters. The highest BCUT2D eigenvalue weighted by Gasteiger charge is 2.21. The van der Waals surface area contributed by atoms with Crippen LogP contribution >= 0.6 is 0 Å². The van der Waals surface area contributed by atoms with Crippen LogP contribution in [0.5, 0.6) is 0 Å². The van der Waals surface area contributed by atoms with Gasteiger partial charge in [0, 0.05) is 37.6 Å². The third-order valence-electron chi connectivity index (χ3n) is 3.73. The average Bonchev–Trinajstić information content (AvgIpc) is 2.99. The lowest BCUT2D eigenvalue weighted by atomic mass is 10.0. The number of carbonyl (C=O) groups excluding carboxylic acids is 1. The normalized spacial score (nSPS) is 11.8. The predicted octanol–water partition coefficient (Wildman–Crippen LogP) is 3.61. The Hall–Kier alpha value is -3.09. The zero-order valence-electron chi connectivity index (χ0n) is 13.5. The standard InChI is InChI=1S/C18H14F3N3O/c1-24(2)18(25)12(11-4-3-5-14(20)16(11)21)8-10-9-23-17-15(10)13(19)6-7-22-17/h3-9H,1-2H3,(H,22,23). The summed E-state index contributed by atoms with van der Waals surface area (Å²) in [6, 6.07) is 4.76. The Kier molecular flexibility index (Phi) is 4.31. The molecule has 0 saturated carbocycles. The zero-order valence-corrected chi connectivity index (χ0v) is 13.5. The molecule has 0 spiro atoms. The van der Waals surface area contributed by atoms with Crippen LogP contribution in [0.2, 0.25) is 0 Å². The van der Waals surface area contributed by atoms with E-state index in [9.17, 15) is 18.0 Å². The number of likely N-dealkylation sites (N-methyl/N-ethyl adjacent to an activating group) is 1. The summed E-state index contributed by atoms with van der Waals surface area (Å²) in [7, 11) is 2.98. The lowest BCUT2D eigenvalue weighted by Crippen LogP contribution is -2.23. The quantitative estimate of drug-likeness (QED) is 0.737. The van der Waals surface area contributed by atoms with E-state index in [2.05, 4.69) is 9.97 Å². The van der Waals surface area contributed by atoms with Crippen molar-refractivity contribution in [2.24, 2.45) is 0 Å². The molecule has 3 aromatic rings. The van der Waals surface area contributed by atoms with E-state index in [1.165, 1.54) is 55.7 Å². The number of nitrogens with zero attached hydrogens (tertiary/aromatic N) is 2. The molecule has 0 saturated heterocycles. The largest absolute Gasteiger partial charge is 0.345 e. The molecule has 1 aromatic carbocycles. The van der Waals surface area contributed by atoms with Gasteiger partial charge in [-0.15, -0.1) is 0 Å². The SMILES string of the molecule is CN(C)C(=O)C(=Cc1c[nH]c2nccc(F)c12)c1cccc(F)c1F. The number of nitrogens with one attached hydrogen (secondary N) is 1.